The van der Waals surface area contributed by atoms with Crippen LogP contribution in [-0.2, 0) is 0 Å². The molecule has 1 aliphatic rings. The van der Waals surface area contributed by atoms with Crippen molar-refractivity contribution in [3.8, 4) is 11.5 Å². The van der Waals surface area contributed by atoms with Crippen LogP contribution in [0.15, 0.2) is 12.1 Å². The maximum absolute atomic E-state index is 12.4. The lowest BCUT2D eigenvalue weighted by Crippen LogP contribution is -2.44. The molecule has 1 aliphatic heterocycles. The van der Waals surface area contributed by atoms with E-state index in [9.17, 15) is 4.79 Å². The van der Waals surface area contributed by atoms with Crippen LogP contribution < -0.4 is 20.1 Å². The van der Waals surface area contributed by atoms with Gasteiger partial charge in [0.05, 0.1) is 18.7 Å². The van der Waals surface area contributed by atoms with Crippen LogP contribution in [0.5, 0.6) is 11.5 Å². The maximum Gasteiger partial charge on any atom is 0.251 e. The molecule has 1 heterocycles. The number of carbonyl (C=O) groups excluding carboxylic acids is 1. The molecule has 1 aromatic rings. The Hall–Kier alpha value is -1.50. The highest BCUT2D eigenvalue weighted by Crippen LogP contribution is 2.36. The lowest BCUT2D eigenvalue weighted by atomic mass is 10.1. The van der Waals surface area contributed by atoms with Gasteiger partial charge in [-0.3, -0.25) is 4.79 Å². The number of rotatable bonds is 9. The molecule has 2 rings (SSSR count). The number of hydrogen-bond donors (Lipinski definition) is 2. The summed E-state index contributed by atoms with van der Waals surface area (Å²) in [7, 11) is 1.54. The van der Waals surface area contributed by atoms with Gasteiger partial charge in [0.1, 0.15) is 0 Å². The highest BCUT2D eigenvalue weighted by Gasteiger charge is 2.16. The van der Waals surface area contributed by atoms with E-state index in [2.05, 4.69) is 29.4 Å². The molecule has 1 amide bonds. The second kappa shape index (κ2) is 10.6. The Kier molecular flexibility index (Phi) is 8.48. The molecule has 0 aliphatic carbocycles. The van der Waals surface area contributed by atoms with E-state index in [1.165, 1.54) is 0 Å². The number of benzene rings is 1. The van der Waals surface area contributed by atoms with Crippen molar-refractivity contribution >= 4 is 17.5 Å². The van der Waals surface area contributed by atoms with Crippen molar-refractivity contribution in [2.75, 3.05) is 53.0 Å². The molecule has 6 nitrogen and oxygen atoms in total. The fourth-order valence-electron chi connectivity index (χ4n) is 2.78. The Labute approximate surface area is 161 Å². The van der Waals surface area contributed by atoms with Gasteiger partial charge >= 0.3 is 0 Å². The second-order valence-corrected chi connectivity index (χ2v) is 7.30. The van der Waals surface area contributed by atoms with E-state index in [-0.39, 0.29) is 5.91 Å². The standard InChI is InChI=1S/C19H30ClN3O3/c1-14(2)13-26-18-16(20)11-15(12-17(18)25-3)19(24)22-5-4-8-23-9-6-21-7-10-23/h11-12,14,21H,4-10,13H2,1-3H3,(H,22,24). The number of nitrogens with one attached hydrogen (secondary N) is 2. The van der Waals surface area contributed by atoms with Gasteiger partial charge in [0, 0.05) is 38.3 Å². The van der Waals surface area contributed by atoms with E-state index in [0.29, 0.717) is 41.2 Å². The molecule has 1 saturated heterocycles. The highest BCUT2D eigenvalue weighted by molar-refractivity contribution is 6.32. The van der Waals surface area contributed by atoms with Gasteiger partial charge in [-0.25, -0.2) is 0 Å². The van der Waals surface area contributed by atoms with Crippen molar-refractivity contribution in [3.05, 3.63) is 22.7 Å². The van der Waals surface area contributed by atoms with Gasteiger partial charge in [-0.2, -0.15) is 0 Å². The smallest absolute Gasteiger partial charge is 0.251 e. The molecule has 26 heavy (non-hydrogen) atoms. The summed E-state index contributed by atoms with van der Waals surface area (Å²) in [4.78, 5) is 14.8. The van der Waals surface area contributed by atoms with E-state index in [0.717, 1.165) is 39.1 Å². The van der Waals surface area contributed by atoms with E-state index in [1.54, 1.807) is 19.2 Å². The predicted octanol–water partition coefficient (Wildman–Crippen LogP) is 2.41. The minimum absolute atomic E-state index is 0.152. The van der Waals surface area contributed by atoms with Gasteiger partial charge < -0.3 is 25.0 Å². The number of carbonyl (C=O) groups is 1. The molecule has 0 spiro atoms. The first-order valence-corrected chi connectivity index (χ1v) is 9.60. The molecule has 146 valence electrons. The fourth-order valence-corrected chi connectivity index (χ4v) is 3.05. The number of hydrogen-bond acceptors (Lipinski definition) is 5. The number of piperazine rings is 1. The molecule has 1 fully saturated rings. The fraction of sp³-hybridized carbons (Fsp3) is 0.632. The number of methoxy groups -OCH3 is 1. The summed E-state index contributed by atoms with van der Waals surface area (Å²) >= 11 is 6.31. The number of halogens is 1. The Morgan fingerprint density at radius 2 is 2.08 bits per heavy atom. The molecule has 2 N–H and O–H groups in total. The molecule has 7 heteroatoms. The maximum atomic E-state index is 12.4. The van der Waals surface area contributed by atoms with E-state index in [1.807, 2.05) is 0 Å². The van der Waals surface area contributed by atoms with Gasteiger partial charge in [-0.1, -0.05) is 25.4 Å². The zero-order chi connectivity index (χ0) is 18.9. The third-order valence-electron chi connectivity index (χ3n) is 4.20. The third kappa shape index (κ3) is 6.34. The first kappa shape index (κ1) is 20.8. The van der Waals surface area contributed by atoms with Crippen LogP contribution in [0.3, 0.4) is 0 Å². The average molecular weight is 384 g/mol. The lowest BCUT2D eigenvalue weighted by Gasteiger charge is -2.27. The van der Waals surface area contributed by atoms with Crippen molar-refractivity contribution in [2.24, 2.45) is 5.92 Å². The number of nitrogens with zero attached hydrogens (tertiary/aromatic N) is 1. The van der Waals surface area contributed by atoms with Crippen LogP contribution in [0.25, 0.3) is 0 Å². The topological polar surface area (TPSA) is 62.8 Å². The molecule has 0 aromatic heterocycles. The van der Waals surface area contributed by atoms with Crippen LogP contribution >= 0.6 is 11.6 Å². The Morgan fingerprint density at radius 3 is 2.73 bits per heavy atom. The summed E-state index contributed by atoms with van der Waals surface area (Å²) in [6.45, 7) is 10.5. The van der Waals surface area contributed by atoms with Crippen molar-refractivity contribution in [1.29, 1.82) is 0 Å². The van der Waals surface area contributed by atoms with Crippen LogP contribution in [0.2, 0.25) is 5.02 Å². The largest absolute Gasteiger partial charge is 0.493 e. The zero-order valence-electron chi connectivity index (χ0n) is 15.9. The van der Waals surface area contributed by atoms with Gasteiger partial charge in [0.2, 0.25) is 0 Å². The number of ether oxygens (including phenoxy) is 2. The summed E-state index contributed by atoms with van der Waals surface area (Å²) in [6.07, 6.45) is 0.923. The third-order valence-corrected chi connectivity index (χ3v) is 4.48. The predicted molar refractivity (Wildman–Crippen MR) is 105 cm³/mol. The van der Waals surface area contributed by atoms with Crippen molar-refractivity contribution in [2.45, 2.75) is 20.3 Å². The lowest BCUT2D eigenvalue weighted by molar-refractivity contribution is 0.0951. The summed E-state index contributed by atoms with van der Waals surface area (Å²) < 4.78 is 11.1. The summed E-state index contributed by atoms with van der Waals surface area (Å²) in [5.41, 5.74) is 0.478. The summed E-state index contributed by atoms with van der Waals surface area (Å²) in [5, 5.41) is 6.67. The average Bonchev–Trinajstić information content (AvgIpc) is 2.64. The Balaban J connectivity index is 1.88. The normalized spacial score (nSPS) is 15.1. The van der Waals surface area contributed by atoms with E-state index >= 15 is 0 Å². The molecule has 0 atom stereocenters. The zero-order valence-corrected chi connectivity index (χ0v) is 16.7. The van der Waals surface area contributed by atoms with Crippen LogP contribution in [-0.4, -0.2) is 63.8 Å². The van der Waals surface area contributed by atoms with Crippen LogP contribution in [0.4, 0.5) is 0 Å². The molecule has 0 radical (unpaired) electrons. The molecule has 0 unspecified atom stereocenters. The number of amides is 1. The van der Waals surface area contributed by atoms with Gasteiger partial charge in [0.15, 0.2) is 11.5 Å². The van der Waals surface area contributed by atoms with Crippen LogP contribution in [0, 0.1) is 5.92 Å². The molecular weight excluding hydrogens is 354 g/mol. The monoisotopic (exact) mass is 383 g/mol. The Bertz CT molecular complexity index is 590. The summed E-state index contributed by atoms with van der Waals surface area (Å²) in [6, 6.07) is 3.30. The quantitative estimate of drug-likeness (QED) is 0.641. The van der Waals surface area contributed by atoms with Gasteiger partial charge in [-0.05, 0) is 31.0 Å². The first-order chi connectivity index (χ1) is 12.5. The van der Waals surface area contributed by atoms with Crippen molar-refractivity contribution in [1.82, 2.24) is 15.5 Å². The highest BCUT2D eigenvalue weighted by atomic mass is 35.5. The van der Waals surface area contributed by atoms with Crippen LogP contribution in [0.1, 0.15) is 30.6 Å². The molecule has 0 saturated carbocycles. The van der Waals surface area contributed by atoms with Gasteiger partial charge in [-0.15, -0.1) is 0 Å². The van der Waals surface area contributed by atoms with E-state index in [4.69, 9.17) is 21.1 Å². The van der Waals surface area contributed by atoms with E-state index < -0.39 is 0 Å². The van der Waals surface area contributed by atoms with Gasteiger partial charge in [0.25, 0.3) is 5.91 Å². The molecule has 0 bridgehead atoms. The summed E-state index contributed by atoms with van der Waals surface area (Å²) in [5.74, 6) is 1.18. The minimum Gasteiger partial charge on any atom is -0.493 e. The minimum atomic E-state index is -0.152. The second-order valence-electron chi connectivity index (χ2n) is 6.90. The Morgan fingerprint density at radius 1 is 1.35 bits per heavy atom. The molecule has 1 aromatic carbocycles. The first-order valence-electron chi connectivity index (χ1n) is 9.23. The van der Waals surface area contributed by atoms with Crippen molar-refractivity contribution in [3.63, 3.8) is 0 Å². The molecular formula is C19H30ClN3O3. The van der Waals surface area contributed by atoms with Crippen molar-refractivity contribution < 1.29 is 14.3 Å². The SMILES string of the molecule is COc1cc(C(=O)NCCCN2CCNCC2)cc(Cl)c1OCC(C)C.